The summed E-state index contributed by atoms with van der Waals surface area (Å²) < 4.78 is 29.1. The van der Waals surface area contributed by atoms with Gasteiger partial charge in [0, 0.05) is 17.2 Å². The largest absolute Gasteiger partial charge is 0.492 e. The summed E-state index contributed by atoms with van der Waals surface area (Å²) in [7, 11) is -1.40. The Morgan fingerprint density at radius 1 is 1.33 bits per heavy atom. The van der Waals surface area contributed by atoms with Gasteiger partial charge < -0.3 is 10.1 Å². The Morgan fingerprint density at radius 2 is 1.95 bits per heavy atom. The summed E-state index contributed by atoms with van der Waals surface area (Å²) >= 11 is 0. The Kier molecular flexibility index (Phi) is 3.87. The minimum atomic E-state index is -3.20. The quantitative estimate of drug-likeness (QED) is 0.928. The molecule has 1 aliphatic rings. The Balaban J connectivity index is 2.51. The van der Waals surface area contributed by atoms with E-state index in [1.165, 1.54) is 6.26 Å². The van der Waals surface area contributed by atoms with Crippen LogP contribution in [0.4, 0.5) is 0 Å². The highest BCUT2D eigenvalue weighted by Gasteiger charge is 2.40. The van der Waals surface area contributed by atoms with Gasteiger partial charge in [0.15, 0.2) is 9.84 Å². The normalized spacial score (nSPS) is 19.0. The lowest BCUT2D eigenvalue weighted by atomic mass is 9.84. The maximum atomic E-state index is 12.1. The second-order valence-corrected chi connectivity index (χ2v) is 9.62. The van der Waals surface area contributed by atoms with E-state index in [4.69, 9.17) is 4.74 Å². The van der Waals surface area contributed by atoms with Crippen LogP contribution in [0.15, 0.2) is 18.2 Å². The molecule has 4 nitrogen and oxygen atoms in total. The SMILES string of the molecule is CNC(c1ccc2c(c1)C(C)(C)CO2)C(C)(C)S(C)(=O)=O. The van der Waals surface area contributed by atoms with E-state index < -0.39 is 14.6 Å². The van der Waals surface area contributed by atoms with Gasteiger partial charge in [-0.1, -0.05) is 19.9 Å². The zero-order valence-electron chi connectivity index (χ0n) is 13.6. The third-order valence-electron chi connectivity index (χ3n) is 4.59. The highest BCUT2D eigenvalue weighted by Crippen LogP contribution is 2.41. The number of fused-ring (bicyclic) bond motifs is 1. The number of hydrogen-bond acceptors (Lipinski definition) is 4. The minimum Gasteiger partial charge on any atom is -0.492 e. The Bertz CT molecular complexity index is 647. The second-order valence-electron chi connectivity index (χ2n) is 7.03. The van der Waals surface area contributed by atoms with Crippen molar-refractivity contribution in [2.45, 2.75) is 43.9 Å². The molecular weight excluding hydrogens is 286 g/mol. The number of nitrogens with one attached hydrogen (secondary N) is 1. The van der Waals surface area contributed by atoms with Gasteiger partial charge in [0.2, 0.25) is 0 Å². The first-order chi connectivity index (χ1) is 9.50. The van der Waals surface area contributed by atoms with Crippen LogP contribution in [0.2, 0.25) is 0 Å². The van der Waals surface area contributed by atoms with Crippen molar-refractivity contribution in [1.29, 1.82) is 0 Å². The van der Waals surface area contributed by atoms with Gasteiger partial charge in [-0.3, -0.25) is 0 Å². The summed E-state index contributed by atoms with van der Waals surface area (Å²) in [5, 5.41) is 3.16. The molecule has 0 fully saturated rings. The number of benzene rings is 1. The molecule has 1 heterocycles. The Labute approximate surface area is 127 Å². The third-order valence-corrected chi connectivity index (χ3v) is 6.74. The number of ether oxygens (including phenoxy) is 1. The maximum Gasteiger partial charge on any atom is 0.154 e. The van der Waals surface area contributed by atoms with Crippen LogP contribution in [-0.2, 0) is 15.3 Å². The van der Waals surface area contributed by atoms with E-state index in [0.29, 0.717) is 6.61 Å². The van der Waals surface area contributed by atoms with Crippen LogP contribution >= 0.6 is 0 Å². The van der Waals surface area contributed by atoms with Crippen molar-refractivity contribution in [3.63, 3.8) is 0 Å². The predicted octanol–water partition coefficient (Wildman–Crippen LogP) is 2.44. The fourth-order valence-corrected chi connectivity index (χ4v) is 3.53. The molecular formula is C16H25NO3S. The van der Waals surface area contributed by atoms with E-state index >= 15 is 0 Å². The highest BCUT2D eigenvalue weighted by molar-refractivity contribution is 7.92. The molecule has 0 saturated carbocycles. The van der Waals surface area contributed by atoms with Crippen LogP contribution in [0.5, 0.6) is 5.75 Å². The molecule has 1 unspecified atom stereocenters. The van der Waals surface area contributed by atoms with Gasteiger partial charge in [0.25, 0.3) is 0 Å². The Hall–Kier alpha value is -1.07. The van der Waals surface area contributed by atoms with Crippen LogP contribution < -0.4 is 10.1 Å². The molecule has 0 radical (unpaired) electrons. The number of hydrogen-bond donors (Lipinski definition) is 1. The standard InChI is InChI=1S/C16H25NO3S/c1-15(2)10-20-13-8-7-11(9-12(13)15)14(17-5)16(3,4)21(6,18)19/h7-9,14,17H,10H2,1-6H3. The molecule has 0 saturated heterocycles. The lowest BCUT2D eigenvalue weighted by Gasteiger charge is -2.33. The lowest BCUT2D eigenvalue weighted by Crippen LogP contribution is -2.43. The first-order valence-electron chi connectivity index (χ1n) is 7.15. The number of sulfone groups is 1. The lowest BCUT2D eigenvalue weighted by molar-refractivity contribution is 0.291. The van der Waals surface area contributed by atoms with Crippen molar-refractivity contribution in [2.24, 2.45) is 0 Å². The van der Waals surface area contributed by atoms with Crippen LogP contribution in [0, 0.1) is 0 Å². The molecule has 0 bridgehead atoms. The molecule has 1 atom stereocenters. The molecule has 0 amide bonds. The van der Waals surface area contributed by atoms with Crippen molar-refractivity contribution < 1.29 is 13.2 Å². The van der Waals surface area contributed by atoms with E-state index in [2.05, 4.69) is 25.2 Å². The summed E-state index contributed by atoms with van der Waals surface area (Å²) in [5.41, 5.74) is 2.08. The fraction of sp³-hybridized carbons (Fsp3) is 0.625. The van der Waals surface area contributed by atoms with Gasteiger partial charge >= 0.3 is 0 Å². The van der Waals surface area contributed by atoms with E-state index in [1.54, 1.807) is 20.9 Å². The summed E-state index contributed by atoms with van der Waals surface area (Å²) in [6.45, 7) is 8.46. The topological polar surface area (TPSA) is 55.4 Å². The summed E-state index contributed by atoms with van der Waals surface area (Å²) in [6.07, 6.45) is 1.29. The minimum absolute atomic E-state index is 0.0428. The van der Waals surface area contributed by atoms with Gasteiger partial charge in [-0.2, -0.15) is 0 Å². The molecule has 2 rings (SSSR count). The first kappa shape index (κ1) is 16.3. The van der Waals surface area contributed by atoms with Crippen molar-refractivity contribution in [2.75, 3.05) is 19.9 Å². The zero-order chi connectivity index (χ0) is 16.1. The summed E-state index contributed by atoms with van der Waals surface area (Å²) in [5.74, 6) is 0.899. The van der Waals surface area contributed by atoms with E-state index in [1.807, 2.05) is 12.1 Å². The molecule has 0 aliphatic carbocycles. The molecule has 1 aromatic rings. The fourth-order valence-electron chi connectivity index (χ4n) is 2.85. The molecule has 118 valence electrons. The monoisotopic (exact) mass is 311 g/mol. The molecule has 0 aromatic heterocycles. The molecule has 5 heteroatoms. The first-order valence-corrected chi connectivity index (χ1v) is 9.04. The van der Waals surface area contributed by atoms with Crippen LogP contribution in [0.3, 0.4) is 0 Å². The van der Waals surface area contributed by atoms with Crippen molar-refractivity contribution in [3.8, 4) is 5.75 Å². The third kappa shape index (κ3) is 2.69. The summed E-state index contributed by atoms with van der Waals surface area (Å²) in [4.78, 5) is 0. The highest BCUT2D eigenvalue weighted by atomic mass is 32.2. The van der Waals surface area contributed by atoms with Crippen LogP contribution in [-0.4, -0.2) is 33.1 Å². The molecule has 0 spiro atoms. The smallest absolute Gasteiger partial charge is 0.154 e. The van der Waals surface area contributed by atoms with Crippen LogP contribution in [0.1, 0.15) is 44.9 Å². The Morgan fingerprint density at radius 3 is 2.48 bits per heavy atom. The molecule has 1 aliphatic heterocycles. The maximum absolute atomic E-state index is 12.1. The zero-order valence-corrected chi connectivity index (χ0v) is 14.5. The molecule has 21 heavy (non-hydrogen) atoms. The van der Waals surface area contributed by atoms with Crippen molar-refractivity contribution in [3.05, 3.63) is 29.3 Å². The predicted molar refractivity (Wildman–Crippen MR) is 85.7 cm³/mol. The second kappa shape index (κ2) is 4.99. The molecule has 1 aromatic carbocycles. The van der Waals surface area contributed by atoms with Gasteiger partial charge in [-0.05, 0) is 38.6 Å². The van der Waals surface area contributed by atoms with Gasteiger partial charge in [-0.25, -0.2) is 8.42 Å². The average Bonchev–Trinajstić information content (AvgIpc) is 2.65. The van der Waals surface area contributed by atoms with Crippen molar-refractivity contribution in [1.82, 2.24) is 5.32 Å². The van der Waals surface area contributed by atoms with E-state index in [0.717, 1.165) is 16.9 Å². The van der Waals surface area contributed by atoms with E-state index in [-0.39, 0.29) is 11.5 Å². The van der Waals surface area contributed by atoms with Crippen LogP contribution in [0.25, 0.3) is 0 Å². The van der Waals surface area contributed by atoms with E-state index in [9.17, 15) is 8.42 Å². The summed E-state index contributed by atoms with van der Waals surface area (Å²) in [6, 6.07) is 5.71. The van der Waals surface area contributed by atoms with Gasteiger partial charge in [0.05, 0.1) is 17.4 Å². The molecule has 1 N–H and O–H groups in total. The number of rotatable bonds is 4. The average molecular weight is 311 g/mol. The van der Waals surface area contributed by atoms with Crippen molar-refractivity contribution >= 4 is 9.84 Å². The van der Waals surface area contributed by atoms with Gasteiger partial charge in [-0.15, -0.1) is 0 Å². The van der Waals surface area contributed by atoms with Gasteiger partial charge in [0.1, 0.15) is 5.75 Å².